The summed E-state index contributed by atoms with van der Waals surface area (Å²) in [6.07, 6.45) is 2.26. The molecule has 0 bridgehead atoms. The summed E-state index contributed by atoms with van der Waals surface area (Å²) in [6.45, 7) is 1.86. The molecule has 0 saturated carbocycles. The van der Waals surface area contributed by atoms with Crippen molar-refractivity contribution >= 4 is 5.95 Å². The molecule has 6 heteroatoms. The van der Waals surface area contributed by atoms with E-state index in [1.54, 1.807) is 20.3 Å². The Morgan fingerprint density at radius 2 is 1.78 bits per heavy atom. The first kappa shape index (κ1) is 15.1. The van der Waals surface area contributed by atoms with Crippen molar-refractivity contribution in [3.63, 3.8) is 0 Å². The average molecular weight is 310 g/mol. The van der Waals surface area contributed by atoms with E-state index < -0.39 is 0 Å². The van der Waals surface area contributed by atoms with Crippen LogP contribution in [0.3, 0.4) is 0 Å². The first-order valence-corrected chi connectivity index (χ1v) is 7.51. The summed E-state index contributed by atoms with van der Waals surface area (Å²) in [5.41, 5.74) is 1.94. The zero-order valence-corrected chi connectivity index (χ0v) is 13.2. The van der Waals surface area contributed by atoms with E-state index in [1.165, 1.54) is 0 Å². The van der Waals surface area contributed by atoms with Crippen LogP contribution in [-0.2, 0) is 0 Å². The fourth-order valence-corrected chi connectivity index (χ4v) is 2.69. The monoisotopic (exact) mass is 310 g/mol. The predicted molar refractivity (Wildman–Crippen MR) is 86.7 cm³/mol. The van der Waals surface area contributed by atoms with Gasteiger partial charge in [0.05, 0.1) is 19.9 Å². The zero-order chi connectivity index (χ0) is 16.2. The minimum Gasteiger partial charge on any atom is -0.493 e. The van der Waals surface area contributed by atoms with Gasteiger partial charge in [-0.05, 0) is 31.0 Å². The Labute approximate surface area is 135 Å². The molecule has 0 radical (unpaired) electrons. The highest BCUT2D eigenvalue weighted by atomic mass is 16.5. The third-order valence-corrected chi connectivity index (χ3v) is 3.90. The Morgan fingerprint density at radius 3 is 2.43 bits per heavy atom. The molecule has 1 aliphatic heterocycles. The maximum atomic E-state index is 9.26. The standard InChI is InChI=1S/C17H18N4O2/c1-22-15-6-5-12(9-16(15)23-2)14-10-13(11-18)19-17(20-14)21-7-3-4-8-21/h5-6,9-10H,3-4,7-8H2,1-2H3. The molecule has 3 rings (SSSR count). The number of hydrogen-bond donors (Lipinski definition) is 0. The number of nitriles is 1. The van der Waals surface area contributed by atoms with Crippen molar-refractivity contribution in [2.45, 2.75) is 12.8 Å². The van der Waals surface area contributed by atoms with E-state index in [-0.39, 0.29) is 0 Å². The maximum absolute atomic E-state index is 9.26. The van der Waals surface area contributed by atoms with Gasteiger partial charge in [0, 0.05) is 24.7 Å². The number of hydrogen-bond acceptors (Lipinski definition) is 6. The summed E-state index contributed by atoms with van der Waals surface area (Å²) >= 11 is 0. The number of rotatable bonds is 4. The number of anilines is 1. The highest BCUT2D eigenvalue weighted by Crippen LogP contribution is 2.32. The van der Waals surface area contributed by atoms with Crippen LogP contribution in [0.4, 0.5) is 5.95 Å². The van der Waals surface area contributed by atoms with E-state index in [4.69, 9.17) is 9.47 Å². The summed E-state index contributed by atoms with van der Waals surface area (Å²) < 4.78 is 10.6. The molecule has 23 heavy (non-hydrogen) atoms. The number of aromatic nitrogens is 2. The Bertz CT molecular complexity index is 749. The molecule has 0 aliphatic carbocycles. The predicted octanol–water partition coefficient (Wildman–Crippen LogP) is 2.63. The second-order valence-corrected chi connectivity index (χ2v) is 5.31. The van der Waals surface area contributed by atoms with Crippen molar-refractivity contribution in [1.82, 2.24) is 9.97 Å². The Balaban J connectivity index is 2.05. The Kier molecular flexibility index (Phi) is 4.29. The lowest BCUT2D eigenvalue weighted by atomic mass is 10.1. The van der Waals surface area contributed by atoms with Gasteiger partial charge in [-0.1, -0.05) is 0 Å². The van der Waals surface area contributed by atoms with Gasteiger partial charge in [-0.15, -0.1) is 0 Å². The topological polar surface area (TPSA) is 71.3 Å². The van der Waals surface area contributed by atoms with Crippen LogP contribution in [-0.4, -0.2) is 37.3 Å². The fraction of sp³-hybridized carbons (Fsp3) is 0.353. The quantitative estimate of drug-likeness (QED) is 0.864. The first-order valence-electron chi connectivity index (χ1n) is 7.51. The molecule has 0 unspecified atom stereocenters. The van der Waals surface area contributed by atoms with Crippen LogP contribution in [0, 0.1) is 11.3 Å². The second kappa shape index (κ2) is 6.53. The molecular weight excluding hydrogens is 292 g/mol. The highest BCUT2D eigenvalue weighted by Gasteiger charge is 2.17. The summed E-state index contributed by atoms with van der Waals surface area (Å²) in [7, 11) is 3.19. The van der Waals surface area contributed by atoms with Crippen LogP contribution in [0.2, 0.25) is 0 Å². The van der Waals surface area contributed by atoms with E-state index in [2.05, 4.69) is 20.9 Å². The number of benzene rings is 1. The van der Waals surface area contributed by atoms with Gasteiger partial charge < -0.3 is 14.4 Å². The Hall–Kier alpha value is -2.81. The molecule has 2 heterocycles. The molecule has 1 aliphatic rings. The molecule has 118 valence electrons. The zero-order valence-electron chi connectivity index (χ0n) is 13.2. The average Bonchev–Trinajstić information content (AvgIpc) is 3.15. The largest absolute Gasteiger partial charge is 0.493 e. The van der Waals surface area contributed by atoms with E-state index in [9.17, 15) is 5.26 Å². The molecule has 0 amide bonds. The highest BCUT2D eigenvalue weighted by molar-refractivity contribution is 5.66. The molecule has 0 atom stereocenters. The Morgan fingerprint density at radius 1 is 1.04 bits per heavy atom. The molecule has 1 saturated heterocycles. The van der Waals surface area contributed by atoms with Crippen LogP contribution in [0.25, 0.3) is 11.3 Å². The van der Waals surface area contributed by atoms with Gasteiger partial charge in [0.1, 0.15) is 11.8 Å². The van der Waals surface area contributed by atoms with Gasteiger partial charge in [-0.3, -0.25) is 0 Å². The van der Waals surface area contributed by atoms with Crippen LogP contribution in [0.15, 0.2) is 24.3 Å². The molecule has 0 spiro atoms. The third kappa shape index (κ3) is 3.04. The van der Waals surface area contributed by atoms with Gasteiger partial charge in [-0.25, -0.2) is 9.97 Å². The smallest absolute Gasteiger partial charge is 0.227 e. The summed E-state index contributed by atoms with van der Waals surface area (Å²) in [4.78, 5) is 11.1. The van der Waals surface area contributed by atoms with Gasteiger partial charge in [0.25, 0.3) is 0 Å². The van der Waals surface area contributed by atoms with Crippen LogP contribution >= 0.6 is 0 Å². The minimum atomic E-state index is 0.367. The lowest BCUT2D eigenvalue weighted by molar-refractivity contribution is 0.355. The molecule has 1 fully saturated rings. The summed E-state index contributed by atoms with van der Waals surface area (Å²) in [5, 5.41) is 9.26. The van der Waals surface area contributed by atoms with Crippen LogP contribution in [0.1, 0.15) is 18.5 Å². The molecule has 2 aromatic rings. The molecule has 1 aromatic heterocycles. The normalized spacial score (nSPS) is 13.7. The minimum absolute atomic E-state index is 0.367. The van der Waals surface area contributed by atoms with Crippen molar-refractivity contribution in [3.8, 4) is 28.8 Å². The molecule has 0 N–H and O–H groups in total. The van der Waals surface area contributed by atoms with Crippen molar-refractivity contribution < 1.29 is 9.47 Å². The lowest BCUT2D eigenvalue weighted by Crippen LogP contribution is -2.21. The van der Waals surface area contributed by atoms with Gasteiger partial charge >= 0.3 is 0 Å². The van der Waals surface area contributed by atoms with E-state index >= 15 is 0 Å². The molecular formula is C17H18N4O2. The van der Waals surface area contributed by atoms with E-state index in [0.717, 1.165) is 31.5 Å². The van der Waals surface area contributed by atoms with Gasteiger partial charge in [-0.2, -0.15) is 5.26 Å². The number of nitrogens with zero attached hydrogens (tertiary/aromatic N) is 4. The van der Waals surface area contributed by atoms with Crippen molar-refractivity contribution in [2.24, 2.45) is 0 Å². The molecule has 6 nitrogen and oxygen atoms in total. The summed E-state index contributed by atoms with van der Waals surface area (Å²) in [6, 6.07) is 9.40. The third-order valence-electron chi connectivity index (χ3n) is 3.90. The molecule has 1 aromatic carbocycles. The number of ether oxygens (including phenoxy) is 2. The van der Waals surface area contributed by atoms with Gasteiger partial charge in [0.2, 0.25) is 5.95 Å². The van der Waals surface area contributed by atoms with Gasteiger partial charge in [0.15, 0.2) is 11.5 Å². The van der Waals surface area contributed by atoms with E-state index in [0.29, 0.717) is 28.8 Å². The van der Waals surface area contributed by atoms with E-state index in [1.807, 2.05) is 18.2 Å². The van der Waals surface area contributed by atoms with Crippen molar-refractivity contribution in [2.75, 3.05) is 32.2 Å². The van der Waals surface area contributed by atoms with Crippen LogP contribution < -0.4 is 14.4 Å². The fourth-order valence-electron chi connectivity index (χ4n) is 2.69. The van der Waals surface area contributed by atoms with Crippen molar-refractivity contribution in [1.29, 1.82) is 5.26 Å². The SMILES string of the molecule is COc1ccc(-c2cc(C#N)nc(N3CCCC3)n2)cc1OC. The van der Waals surface area contributed by atoms with Crippen molar-refractivity contribution in [3.05, 3.63) is 30.0 Å². The second-order valence-electron chi connectivity index (χ2n) is 5.31. The summed E-state index contributed by atoms with van der Waals surface area (Å²) in [5.74, 6) is 1.90. The number of methoxy groups -OCH3 is 2. The first-order chi connectivity index (χ1) is 11.2. The maximum Gasteiger partial charge on any atom is 0.227 e. The van der Waals surface area contributed by atoms with Crippen LogP contribution in [0.5, 0.6) is 11.5 Å². The lowest BCUT2D eigenvalue weighted by Gasteiger charge is -2.16.